The van der Waals surface area contributed by atoms with Crippen LogP contribution in [0.5, 0.6) is 0 Å². The lowest BCUT2D eigenvalue weighted by Crippen LogP contribution is -2.19. The van der Waals surface area contributed by atoms with Crippen LogP contribution in [0.3, 0.4) is 0 Å². The Morgan fingerprint density at radius 1 is 1.73 bits per heavy atom. The Kier molecular flexibility index (Phi) is 4.69. The first-order valence-electron chi connectivity index (χ1n) is 4.53. The minimum absolute atomic E-state index is 0.0687. The highest BCUT2D eigenvalue weighted by molar-refractivity contribution is 9.10. The van der Waals surface area contributed by atoms with Gasteiger partial charge in [-0.05, 0) is 21.0 Å². The fourth-order valence-electron chi connectivity index (χ4n) is 0.966. The number of carbonyl (C=O) groups is 1. The Morgan fingerprint density at radius 3 is 2.93 bits per heavy atom. The van der Waals surface area contributed by atoms with E-state index in [1.54, 1.807) is 6.92 Å². The van der Waals surface area contributed by atoms with Crippen LogP contribution in [0, 0.1) is 0 Å². The van der Waals surface area contributed by atoms with Crippen LogP contribution < -0.4 is 5.32 Å². The van der Waals surface area contributed by atoms with Gasteiger partial charge in [0.2, 0.25) is 5.91 Å². The van der Waals surface area contributed by atoms with Gasteiger partial charge in [-0.25, -0.2) is 4.98 Å². The van der Waals surface area contributed by atoms with E-state index in [-0.39, 0.29) is 10.7 Å². The molecule has 1 heterocycles. The molecular formula is C9H14BrN3OS. The lowest BCUT2D eigenvalue weighted by atomic mass is 10.4. The van der Waals surface area contributed by atoms with E-state index in [2.05, 4.69) is 26.2 Å². The highest BCUT2D eigenvalue weighted by atomic mass is 79.9. The summed E-state index contributed by atoms with van der Waals surface area (Å²) in [6, 6.07) is 0. The summed E-state index contributed by atoms with van der Waals surface area (Å²) in [7, 11) is 3.97. The van der Waals surface area contributed by atoms with E-state index >= 15 is 0 Å². The van der Waals surface area contributed by atoms with Crippen molar-refractivity contribution in [3.63, 3.8) is 0 Å². The maximum atomic E-state index is 11.3. The molecule has 1 N–H and O–H groups in total. The lowest BCUT2D eigenvalue weighted by Gasteiger charge is -2.05. The number of thiazole rings is 1. The molecule has 0 spiro atoms. The van der Waals surface area contributed by atoms with Crippen molar-refractivity contribution in [1.29, 1.82) is 0 Å². The zero-order chi connectivity index (χ0) is 11.4. The van der Waals surface area contributed by atoms with Crippen molar-refractivity contribution in [1.82, 2.24) is 9.88 Å². The largest absolute Gasteiger partial charge is 0.304 e. The SMILES string of the molecule is CC(Br)C(=O)Nc1nc(CN(C)C)cs1. The van der Waals surface area contributed by atoms with Gasteiger partial charge in [-0.2, -0.15) is 0 Å². The van der Waals surface area contributed by atoms with Crippen molar-refractivity contribution in [2.75, 3.05) is 19.4 Å². The highest BCUT2D eigenvalue weighted by Crippen LogP contribution is 2.17. The van der Waals surface area contributed by atoms with Crippen LogP contribution >= 0.6 is 27.3 Å². The van der Waals surface area contributed by atoms with Crippen LogP contribution in [-0.4, -0.2) is 34.7 Å². The van der Waals surface area contributed by atoms with Crippen LogP contribution in [-0.2, 0) is 11.3 Å². The van der Waals surface area contributed by atoms with E-state index in [1.165, 1.54) is 11.3 Å². The summed E-state index contributed by atoms with van der Waals surface area (Å²) in [5, 5.41) is 5.35. The molecule has 15 heavy (non-hydrogen) atoms. The topological polar surface area (TPSA) is 45.2 Å². The molecule has 0 aromatic carbocycles. The molecule has 4 nitrogen and oxygen atoms in total. The Bertz CT molecular complexity index is 338. The number of nitrogens with zero attached hydrogens (tertiary/aromatic N) is 2. The number of hydrogen-bond donors (Lipinski definition) is 1. The van der Waals surface area contributed by atoms with Crippen LogP contribution in [0.15, 0.2) is 5.38 Å². The van der Waals surface area contributed by atoms with Gasteiger partial charge < -0.3 is 10.2 Å². The van der Waals surface area contributed by atoms with Crippen molar-refractivity contribution in [3.8, 4) is 0 Å². The molecule has 0 bridgehead atoms. The van der Waals surface area contributed by atoms with Crippen LogP contribution in [0.25, 0.3) is 0 Å². The first kappa shape index (κ1) is 12.6. The first-order chi connectivity index (χ1) is 6.99. The smallest absolute Gasteiger partial charge is 0.239 e. The molecule has 1 aromatic rings. The molecule has 0 saturated heterocycles. The number of anilines is 1. The molecule has 1 atom stereocenters. The number of hydrogen-bond acceptors (Lipinski definition) is 4. The predicted octanol–water partition coefficient (Wildman–Crippen LogP) is 1.93. The summed E-state index contributed by atoms with van der Waals surface area (Å²) >= 11 is 4.65. The normalized spacial score (nSPS) is 12.9. The van der Waals surface area contributed by atoms with E-state index in [1.807, 2.05) is 24.4 Å². The van der Waals surface area contributed by atoms with Gasteiger partial charge in [0.15, 0.2) is 5.13 Å². The van der Waals surface area contributed by atoms with Crippen molar-refractivity contribution in [3.05, 3.63) is 11.1 Å². The monoisotopic (exact) mass is 291 g/mol. The quantitative estimate of drug-likeness (QED) is 0.862. The molecule has 0 aliphatic carbocycles. The Morgan fingerprint density at radius 2 is 2.40 bits per heavy atom. The van der Waals surface area contributed by atoms with Gasteiger partial charge in [-0.15, -0.1) is 11.3 Å². The molecular weight excluding hydrogens is 278 g/mol. The summed E-state index contributed by atoms with van der Waals surface area (Å²) in [6.45, 7) is 2.57. The number of rotatable bonds is 4. The zero-order valence-electron chi connectivity index (χ0n) is 8.95. The molecule has 1 aromatic heterocycles. The second-order valence-corrected chi connectivity index (χ2v) is 5.72. The average molecular weight is 292 g/mol. The highest BCUT2D eigenvalue weighted by Gasteiger charge is 2.11. The number of alkyl halides is 1. The van der Waals surface area contributed by atoms with E-state index in [0.29, 0.717) is 5.13 Å². The van der Waals surface area contributed by atoms with Crippen LogP contribution in [0.2, 0.25) is 0 Å². The fourth-order valence-corrected chi connectivity index (χ4v) is 1.78. The number of nitrogens with one attached hydrogen (secondary N) is 1. The molecule has 1 unspecified atom stereocenters. The minimum atomic E-state index is -0.196. The van der Waals surface area contributed by atoms with Gasteiger partial charge in [-0.1, -0.05) is 15.9 Å². The summed E-state index contributed by atoms with van der Waals surface area (Å²) in [5.41, 5.74) is 0.975. The van der Waals surface area contributed by atoms with Gasteiger partial charge in [-0.3, -0.25) is 4.79 Å². The molecule has 0 radical (unpaired) electrons. The lowest BCUT2D eigenvalue weighted by molar-refractivity contribution is -0.115. The van der Waals surface area contributed by atoms with E-state index in [9.17, 15) is 4.79 Å². The van der Waals surface area contributed by atoms with Gasteiger partial charge in [0, 0.05) is 11.9 Å². The number of amides is 1. The maximum Gasteiger partial charge on any atom is 0.239 e. The van der Waals surface area contributed by atoms with Crippen molar-refractivity contribution < 1.29 is 4.79 Å². The minimum Gasteiger partial charge on any atom is -0.304 e. The number of aromatic nitrogens is 1. The second kappa shape index (κ2) is 5.58. The molecule has 1 amide bonds. The third-order valence-corrected chi connectivity index (χ3v) is 2.84. The molecule has 0 aliphatic heterocycles. The number of carbonyl (C=O) groups excluding carboxylic acids is 1. The van der Waals surface area contributed by atoms with Crippen molar-refractivity contribution in [2.24, 2.45) is 0 Å². The van der Waals surface area contributed by atoms with E-state index in [4.69, 9.17) is 0 Å². The van der Waals surface area contributed by atoms with Crippen LogP contribution in [0.1, 0.15) is 12.6 Å². The zero-order valence-corrected chi connectivity index (χ0v) is 11.4. The summed E-state index contributed by atoms with van der Waals surface area (Å²) in [5.74, 6) is -0.0687. The third kappa shape index (κ3) is 4.27. The first-order valence-corrected chi connectivity index (χ1v) is 6.32. The Hall–Kier alpha value is -0.460. The van der Waals surface area contributed by atoms with Crippen molar-refractivity contribution >= 4 is 38.3 Å². The second-order valence-electron chi connectivity index (χ2n) is 3.49. The predicted molar refractivity (Wildman–Crippen MR) is 66.5 cm³/mol. The fraction of sp³-hybridized carbons (Fsp3) is 0.556. The third-order valence-electron chi connectivity index (χ3n) is 1.62. The molecule has 0 fully saturated rings. The standard InChI is InChI=1S/C9H14BrN3OS/c1-6(10)8(14)12-9-11-7(5-15-9)4-13(2)3/h5-6H,4H2,1-3H3,(H,11,12,14). The van der Waals surface area contributed by atoms with Gasteiger partial charge in [0.25, 0.3) is 0 Å². The van der Waals surface area contributed by atoms with Gasteiger partial charge in [0.1, 0.15) is 0 Å². The van der Waals surface area contributed by atoms with E-state index < -0.39 is 0 Å². The maximum absolute atomic E-state index is 11.3. The number of halogens is 1. The average Bonchev–Trinajstić information content (AvgIpc) is 2.51. The molecule has 0 saturated carbocycles. The summed E-state index contributed by atoms with van der Waals surface area (Å²) < 4.78 is 0. The molecule has 0 aliphatic rings. The Labute approximate surface area is 102 Å². The van der Waals surface area contributed by atoms with Crippen LogP contribution in [0.4, 0.5) is 5.13 Å². The van der Waals surface area contributed by atoms with Gasteiger partial charge in [0.05, 0.1) is 10.5 Å². The van der Waals surface area contributed by atoms with E-state index in [0.717, 1.165) is 12.2 Å². The molecule has 84 valence electrons. The Balaban J connectivity index is 2.56. The molecule has 1 rings (SSSR count). The molecule has 6 heteroatoms. The van der Waals surface area contributed by atoms with Crippen molar-refractivity contribution in [2.45, 2.75) is 18.3 Å². The van der Waals surface area contributed by atoms with Gasteiger partial charge >= 0.3 is 0 Å². The summed E-state index contributed by atoms with van der Waals surface area (Å²) in [6.07, 6.45) is 0. The summed E-state index contributed by atoms with van der Waals surface area (Å²) in [4.78, 5) is 17.5.